The SMILES string of the molecule is Cn1c(-c2ccccc2)cnc1Nc1nc(-c2ccccn2)nnc1-c1ccccc1. The topological polar surface area (TPSA) is 81.4 Å². The monoisotopic (exact) mass is 405 g/mol. The van der Waals surface area contributed by atoms with Crippen molar-refractivity contribution in [2.45, 2.75) is 0 Å². The number of aromatic nitrogens is 6. The van der Waals surface area contributed by atoms with Crippen molar-refractivity contribution in [3.8, 4) is 34.0 Å². The second-order valence-corrected chi connectivity index (χ2v) is 6.93. The summed E-state index contributed by atoms with van der Waals surface area (Å²) in [6, 6.07) is 25.6. The average Bonchev–Trinajstić information content (AvgIpc) is 3.20. The van der Waals surface area contributed by atoms with Crippen LogP contribution in [-0.2, 0) is 7.05 Å². The van der Waals surface area contributed by atoms with E-state index in [-0.39, 0.29) is 0 Å². The van der Waals surface area contributed by atoms with Crippen LogP contribution in [0.15, 0.2) is 91.3 Å². The zero-order chi connectivity index (χ0) is 21.0. The Morgan fingerprint density at radius 1 is 0.742 bits per heavy atom. The molecule has 3 heterocycles. The number of pyridine rings is 1. The summed E-state index contributed by atoms with van der Waals surface area (Å²) >= 11 is 0. The summed E-state index contributed by atoms with van der Waals surface area (Å²) in [5.41, 5.74) is 4.29. The summed E-state index contributed by atoms with van der Waals surface area (Å²) in [4.78, 5) is 13.7. The zero-order valence-corrected chi connectivity index (χ0v) is 16.8. The fraction of sp³-hybridized carbons (Fsp3) is 0.0417. The summed E-state index contributed by atoms with van der Waals surface area (Å²) in [5, 5.41) is 12.1. The Labute approximate surface area is 179 Å². The van der Waals surface area contributed by atoms with Crippen LogP contribution in [0.25, 0.3) is 34.0 Å². The highest BCUT2D eigenvalue weighted by molar-refractivity contribution is 5.75. The lowest BCUT2D eigenvalue weighted by Crippen LogP contribution is -2.07. The highest BCUT2D eigenvalue weighted by Crippen LogP contribution is 2.29. The smallest absolute Gasteiger partial charge is 0.208 e. The van der Waals surface area contributed by atoms with Crippen LogP contribution in [0, 0.1) is 0 Å². The molecule has 1 N–H and O–H groups in total. The summed E-state index contributed by atoms with van der Waals surface area (Å²) in [6.45, 7) is 0. The first-order valence-corrected chi connectivity index (χ1v) is 9.85. The Morgan fingerprint density at radius 3 is 2.16 bits per heavy atom. The molecule has 2 aromatic carbocycles. The number of nitrogens with zero attached hydrogens (tertiary/aromatic N) is 6. The molecular weight excluding hydrogens is 386 g/mol. The number of anilines is 2. The largest absolute Gasteiger partial charge is 0.313 e. The molecule has 0 aliphatic rings. The van der Waals surface area contributed by atoms with Crippen molar-refractivity contribution < 1.29 is 0 Å². The van der Waals surface area contributed by atoms with Gasteiger partial charge in [-0.05, 0) is 17.7 Å². The van der Waals surface area contributed by atoms with Crippen LogP contribution in [0.3, 0.4) is 0 Å². The highest BCUT2D eigenvalue weighted by atomic mass is 15.3. The normalized spacial score (nSPS) is 10.7. The van der Waals surface area contributed by atoms with E-state index in [1.807, 2.05) is 84.5 Å². The minimum Gasteiger partial charge on any atom is -0.313 e. The van der Waals surface area contributed by atoms with Gasteiger partial charge < -0.3 is 9.88 Å². The van der Waals surface area contributed by atoms with Gasteiger partial charge in [0.25, 0.3) is 0 Å². The van der Waals surface area contributed by atoms with Gasteiger partial charge in [-0.15, -0.1) is 10.2 Å². The van der Waals surface area contributed by atoms with Gasteiger partial charge in [-0.1, -0.05) is 66.7 Å². The molecule has 0 aliphatic heterocycles. The maximum atomic E-state index is 4.74. The van der Waals surface area contributed by atoms with Crippen LogP contribution in [0.4, 0.5) is 11.8 Å². The number of imidazole rings is 1. The van der Waals surface area contributed by atoms with E-state index in [2.05, 4.69) is 37.6 Å². The lowest BCUT2D eigenvalue weighted by molar-refractivity contribution is 0.923. The lowest BCUT2D eigenvalue weighted by atomic mass is 10.1. The van der Waals surface area contributed by atoms with Crippen LogP contribution in [0.1, 0.15) is 0 Å². The molecule has 0 amide bonds. The molecular formula is C24H19N7. The van der Waals surface area contributed by atoms with Crippen molar-refractivity contribution in [3.63, 3.8) is 0 Å². The fourth-order valence-corrected chi connectivity index (χ4v) is 3.32. The number of rotatable bonds is 5. The van der Waals surface area contributed by atoms with E-state index in [0.717, 1.165) is 16.8 Å². The minimum atomic E-state index is 0.445. The molecule has 7 heteroatoms. The molecule has 0 unspecified atom stereocenters. The molecule has 3 aromatic heterocycles. The molecule has 0 saturated carbocycles. The van der Waals surface area contributed by atoms with Crippen LogP contribution in [0.5, 0.6) is 0 Å². The van der Waals surface area contributed by atoms with Gasteiger partial charge in [-0.25, -0.2) is 9.97 Å². The highest BCUT2D eigenvalue weighted by Gasteiger charge is 2.16. The molecule has 0 bridgehead atoms. The van der Waals surface area contributed by atoms with Gasteiger partial charge in [0.15, 0.2) is 5.82 Å². The summed E-state index contributed by atoms with van der Waals surface area (Å²) in [7, 11) is 1.97. The Kier molecular flexibility index (Phi) is 4.90. The number of nitrogens with one attached hydrogen (secondary N) is 1. The predicted octanol–water partition coefficient (Wildman–Crippen LogP) is 4.74. The molecule has 0 radical (unpaired) electrons. The van der Waals surface area contributed by atoms with E-state index in [0.29, 0.717) is 29.0 Å². The predicted molar refractivity (Wildman–Crippen MR) is 120 cm³/mol. The Hall–Kier alpha value is -4.39. The van der Waals surface area contributed by atoms with Crippen molar-refractivity contribution in [2.75, 3.05) is 5.32 Å². The van der Waals surface area contributed by atoms with Gasteiger partial charge in [0, 0.05) is 18.8 Å². The molecule has 5 rings (SSSR count). The number of hydrogen-bond donors (Lipinski definition) is 1. The summed E-state index contributed by atoms with van der Waals surface area (Å²) < 4.78 is 1.99. The second kappa shape index (κ2) is 8.16. The summed E-state index contributed by atoms with van der Waals surface area (Å²) in [5.74, 6) is 1.67. The maximum absolute atomic E-state index is 4.74. The first-order valence-electron chi connectivity index (χ1n) is 9.85. The quantitative estimate of drug-likeness (QED) is 0.455. The molecule has 0 atom stereocenters. The molecule has 7 nitrogen and oxygen atoms in total. The lowest BCUT2D eigenvalue weighted by Gasteiger charge is -2.12. The van der Waals surface area contributed by atoms with Crippen molar-refractivity contribution >= 4 is 11.8 Å². The average molecular weight is 405 g/mol. The number of hydrogen-bond acceptors (Lipinski definition) is 6. The third-order valence-electron chi connectivity index (χ3n) is 4.92. The Bertz CT molecular complexity index is 1300. The van der Waals surface area contributed by atoms with Crippen molar-refractivity contribution in [2.24, 2.45) is 7.05 Å². The van der Waals surface area contributed by atoms with E-state index in [4.69, 9.17) is 4.98 Å². The van der Waals surface area contributed by atoms with Crippen molar-refractivity contribution in [1.29, 1.82) is 0 Å². The Morgan fingerprint density at radius 2 is 1.45 bits per heavy atom. The fourth-order valence-electron chi connectivity index (χ4n) is 3.32. The van der Waals surface area contributed by atoms with E-state index >= 15 is 0 Å². The van der Waals surface area contributed by atoms with Gasteiger partial charge in [0.05, 0.1) is 11.9 Å². The zero-order valence-electron chi connectivity index (χ0n) is 16.8. The van der Waals surface area contributed by atoms with Gasteiger partial charge in [0.1, 0.15) is 11.4 Å². The molecule has 150 valence electrons. The molecule has 0 saturated heterocycles. The van der Waals surface area contributed by atoms with Crippen LogP contribution < -0.4 is 5.32 Å². The van der Waals surface area contributed by atoms with Crippen molar-refractivity contribution in [1.82, 2.24) is 29.7 Å². The Balaban J connectivity index is 1.58. The minimum absolute atomic E-state index is 0.445. The molecule has 5 aromatic rings. The first kappa shape index (κ1) is 18.6. The molecule has 0 fully saturated rings. The second-order valence-electron chi connectivity index (χ2n) is 6.93. The molecule has 0 spiro atoms. The maximum Gasteiger partial charge on any atom is 0.208 e. The van der Waals surface area contributed by atoms with Gasteiger partial charge in [-0.3, -0.25) is 4.98 Å². The van der Waals surface area contributed by atoms with E-state index in [1.165, 1.54) is 0 Å². The number of benzene rings is 2. The summed E-state index contributed by atoms with van der Waals surface area (Å²) in [6.07, 6.45) is 3.55. The van der Waals surface area contributed by atoms with E-state index in [9.17, 15) is 0 Å². The first-order chi connectivity index (χ1) is 15.3. The third kappa shape index (κ3) is 3.76. The van der Waals surface area contributed by atoms with Crippen molar-refractivity contribution in [3.05, 3.63) is 91.3 Å². The van der Waals surface area contributed by atoms with E-state index in [1.54, 1.807) is 6.20 Å². The van der Waals surface area contributed by atoms with Crippen LogP contribution in [0.2, 0.25) is 0 Å². The standard InChI is InChI=1S/C24H19N7/c1-31-20(17-10-4-2-5-11-17)16-26-24(31)28-23-21(18-12-6-3-7-13-18)29-30-22(27-23)19-14-8-9-15-25-19/h2-16H,1H3,(H,26,27,28,30). The van der Waals surface area contributed by atoms with Gasteiger partial charge >= 0.3 is 0 Å². The molecule has 0 aliphatic carbocycles. The van der Waals surface area contributed by atoms with Crippen LogP contribution >= 0.6 is 0 Å². The van der Waals surface area contributed by atoms with Gasteiger partial charge in [-0.2, -0.15) is 0 Å². The third-order valence-corrected chi connectivity index (χ3v) is 4.92. The van der Waals surface area contributed by atoms with E-state index < -0.39 is 0 Å². The molecule has 31 heavy (non-hydrogen) atoms. The van der Waals surface area contributed by atoms with Gasteiger partial charge in [0.2, 0.25) is 11.8 Å². The van der Waals surface area contributed by atoms with Crippen LogP contribution in [-0.4, -0.2) is 29.7 Å².